The van der Waals surface area contributed by atoms with Crippen LogP contribution in [0.25, 0.3) is 0 Å². The van der Waals surface area contributed by atoms with Crippen molar-refractivity contribution in [2.24, 2.45) is 23.7 Å². The summed E-state index contributed by atoms with van der Waals surface area (Å²) in [6, 6.07) is 1.66. The predicted octanol–water partition coefficient (Wildman–Crippen LogP) is 3.82. The molecular weight excluding hydrogens is 244 g/mol. The molecule has 3 rings (SSSR count). The molecule has 0 aliphatic carbocycles. The Morgan fingerprint density at radius 3 is 2.25 bits per heavy atom. The molecule has 0 saturated carbocycles. The van der Waals surface area contributed by atoms with E-state index in [0.29, 0.717) is 5.66 Å². The van der Waals surface area contributed by atoms with Gasteiger partial charge in [0.2, 0.25) is 0 Å². The van der Waals surface area contributed by atoms with Crippen molar-refractivity contribution in [1.82, 2.24) is 9.80 Å². The summed E-state index contributed by atoms with van der Waals surface area (Å²) in [5.74, 6) is 3.42. The highest BCUT2D eigenvalue weighted by Gasteiger charge is 2.71. The Bertz CT molecular complexity index is 364. The average molecular weight is 278 g/mol. The van der Waals surface area contributed by atoms with E-state index in [2.05, 4.69) is 51.3 Å². The van der Waals surface area contributed by atoms with Crippen molar-refractivity contribution < 1.29 is 0 Å². The molecule has 3 fully saturated rings. The molecule has 3 aliphatic heterocycles. The van der Waals surface area contributed by atoms with Gasteiger partial charge >= 0.3 is 0 Å². The molecule has 20 heavy (non-hydrogen) atoms. The zero-order valence-corrected chi connectivity index (χ0v) is 14.4. The molecule has 2 heteroatoms. The Morgan fingerprint density at radius 1 is 1.00 bits per heavy atom. The van der Waals surface area contributed by atoms with E-state index < -0.39 is 0 Å². The third-order valence-corrected chi connectivity index (χ3v) is 6.61. The lowest BCUT2D eigenvalue weighted by Gasteiger charge is -2.70. The molecule has 5 unspecified atom stereocenters. The molecule has 3 heterocycles. The summed E-state index contributed by atoms with van der Waals surface area (Å²) >= 11 is 0. The van der Waals surface area contributed by atoms with Crippen LogP contribution >= 0.6 is 0 Å². The van der Waals surface area contributed by atoms with Crippen LogP contribution in [0, 0.1) is 23.7 Å². The molecule has 0 amide bonds. The van der Waals surface area contributed by atoms with Crippen molar-refractivity contribution in [2.45, 2.75) is 78.6 Å². The van der Waals surface area contributed by atoms with Crippen molar-refractivity contribution in [3.63, 3.8) is 0 Å². The number of hydrogen-bond acceptors (Lipinski definition) is 2. The molecule has 0 bridgehead atoms. The highest BCUT2D eigenvalue weighted by molar-refractivity contribution is 5.23. The highest BCUT2D eigenvalue weighted by Crippen LogP contribution is 2.61. The van der Waals surface area contributed by atoms with Gasteiger partial charge in [-0.1, -0.05) is 48.0 Å². The summed E-state index contributed by atoms with van der Waals surface area (Å²) in [5, 5.41) is 0. The maximum absolute atomic E-state index is 2.98. The smallest absolute Gasteiger partial charge is 0.0802 e. The van der Waals surface area contributed by atoms with Crippen LogP contribution in [0.5, 0.6) is 0 Å². The van der Waals surface area contributed by atoms with Gasteiger partial charge in [-0.3, -0.25) is 9.80 Å². The SMILES string of the molecule is CCCC(C)C1CN2CC(C(C)C)C23CC(C(C)C)N13. The minimum atomic E-state index is 0.482. The Hall–Kier alpha value is -0.0800. The number of hydrogen-bond donors (Lipinski definition) is 0. The maximum Gasteiger partial charge on any atom is 0.0802 e. The van der Waals surface area contributed by atoms with Crippen LogP contribution in [0.15, 0.2) is 0 Å². The van der Waals surface area contributed by atoms with Crippen LogP contribution < -0.4 is 0 Å². The van der Waals surface area contributed by atoms with Crippen LogP contribution in [0.3, 0.4) is 0 Å². The second-order valence-corrected chi connectivity index (χ2v) is 8.39. The zero-order valence-electron chi connectivity index (χ0n) is 14.4. The molecule has 1 spiro atoms. The molecule has 116 valence electrons. The highest BCUT2D eigenvalue weighted by atomic mass is 15.6. The monoisotopic (exact) mass is 278 g/mol. The minimum Gasteiger partial charge on any atom is -0.283 e. The van der Waals surface area contributed by atoms with Crippen molar-refractivity contribution in [1.29, 1.82) is 0 Å². The van der Waals surface area contributed by atoms with Gasteiger partial charge in [-0.25, -0.2) is 0 Å². The van der Waals surface area contributed by atoms with Crippen molar-refractivity contribution in [3.8, 4) is 0 Å². The second kappa shape index (κ2) is 4.98. The summed E-state index contributed by atoms with van der Waals surface area (Å²) in [5.41, 5.74) is 0.482. The van der Waals surface area contributed by atoms with Crippen LogP contribution in [0.4, 0.5) is 0 Å². The Morgan fingerprint density at radius 2 is 1.70 bits per heavy atom. The topological polar surface area (TPSA) is 6.48 Å². The lowest BCUT2D eigenvalue weighted by molar-refractivity contribution is -0.248. The summed E-state index contributed by atoms with van der Waals surface area (Å²) in [6.07, 6.45) is 4.16. The van der Waals surface area contributed by atoms with Crippen LogP contribution in [0.2, 0.25) is 0 Å². The molecule has 0 N–H and O–H groups in total. The predicted molar refractivity (Wildman–Crippen MR) is 85.6 cm³/mol. The maximum atomic E-state index is 2.98. The quantitative estimate of drug-likeness (QED) is 0.754. The largest absolute Gasteiger partial charge is 0.283 e. The van der Waals surface area contributed by atoms with Crippen LogP contribution in [-0.4, -0.2) is 40.6 Å². The van der Waals surface area contributed by atoms with E-state index >= 15 is 0 Å². The third kappa shape index (κ3) is 1.76. The van der Waals surface area contributed by atoms with Gasteiger partial charge in [0.25, 0.3) is 0 Å². The van der Waals surface area contributed by atoms with Crippen LogP contribution in [-0.2, 0) is 0 Å². The van der Waals surface area contributed by atoms with Crippen molar-refractivity contribution in [2.75, 3.05) is 13.1 Å². The van der Waals surface area contributed by atoms with Gasteiger partial charge < -0.3 is 0 Å². The molecule has 2 nitrogen and oxygen atoms in total. The Labute approximate surface area is 125 Å². The van der Waals surface area contributed by atoms with E-state index in [-0.39, 0.29) is 0 Å². The molecule has 3 aliphatic rings. The molecular formula is C18H34N2. The minimum absolute atomic E-state index is 0.482. The van der Waals surface area contributed by atoms with Gasteiger partial charge in [-0.05, 0) is 30.6 Å². The molecule has 0 aromatic carbocycles. The van der Waals surface area contributed by atoms with Gasteiger partial charge in [0, 0.05) is 31.1 Å². The van der Waals surface area contributed by atoms with Crippen LogP contribution in [0.1, 0.15) is 60.8 Å². The fourth-order valence-corrected chi connectivity index (χ4v) is 5.47. The summed E-state index contributed by atoms with van der Waals surface area (Å²) < 4.78 is 0. The molecule has 5 atom stereocenters. The van der Waals surface area contributed by atoms with Crippen molar-refractivity contribution in [3.05, 3.63) is 0 Å². The standard InChI is InChI=1S/C18H34N2/c1-7-8-14(6)17-11-19-10-15(12(2)3)18(19)9-16(13(4)5)20(17)18/h12-17H,7-11H2,1-6H3. The van der Waals surface area contributed by atoms with Gasteiger partial charge in [0.05, 0.1) is 5.66 Å². The van der Waals surface area contributed by atoms with Gasteiger partial charge in [-0.2, -0.15) is 0 Å². The normalized spacial score (nSPS) is 42.3. The Kier molecular flexibility index (Phi) is 3.70. The van der Waals surface area contributed by atoms with Gasteiger partial charge in [0.15, 0.2) is 0 Å². The Balaban J connectivity index is 1.83. The van der Waals surface area contributed by atoms with E-state index in [1.54, 1.807) is 0 Å². The first kappa shape index (κ1) is 14.8. The lowest BCUT2D eigenvalue weighted by Crippen LogP contribution is -2.81. The zero-order chi connectivity index (χ0) is 14.7. The average Bonchev–Trinajstić information content (AvgIpc) is 2.46. The summed E-state index contributed by atoms with van der Waals surface area (Å²) in [6.45, 7) is 17.2. The fraction of sp³-hybridized carbons (Fsp3) is 1.00. The summed E-state index contributed by atoms with van der Waals surface area (Å²) in [7, 11) is 0. The van der Waals surface area contributed by atoms with E-state index in [0.717, 1.165) is 35.8 Å². The fourth-order valence-electron chi connectivity index (χ4n) is 5.47. The first-order valence-electron chi connectivity index (χ1n) is 8.97. The molecule has 0 aromatic rings. The number of rotatable bonds is 5. The molecule has 3 saturated heterocycles. The van der Waals surface area contributed by atoms with E-state index in [9.17, 15) is 0 Å². The van der Waals surface area contributed by atoms with Gasteiger partial charge in [-0.15, -0.1) is 0 Å². The van der Waals surface area contributed by atoms with E-state index in [1.807, 2.05) is 0 Å². The third-order valence-electron chi connectivity index (χ3n) is 6.61. The second-order valence-electron chi connectivity index (χ2n) is 8.39. The lowest BCUT2D eigenvalue weighted by atomic mass is 9.64. The first-order valence-corrected chi connectivity index (χ1v) is 8.97. The van der Waals surface area contributed by atoms with Crippen molar-refractivity contribution >= 4 is 0 Å². The summed E-state index contributed by atoms with van der Waals surface area (Å²) in [4.78, 5) is 5.81. The molecule has 0 radical (unpaired) electrons. The molecule has 0 aromatic heterocycles. The van der Waals surface area contributed by atoms with Gasteiger partial charge in [0.1, 0.15) is 0 Å². The van der Waals surface area contributed by atoms with E-state index in [1.165, 1.54) is 32.4 Å². The number of nitrogens with zero attached hydrogens (tertiary/aromatic N) is 2. The first-order chi connectivity index (χ1) is 9.43. The van der Waals surface area contributed by atoms with E-state index in [4.69, 9.17) is 0 Å².